The largest absolute Gasteiger partial charge is 0.364 e. The van der Waals surface area contributed by atoms with Crippen LogP contribution in [0.5, 0.6) is 0 Å². The second-order valence-corrected chi connectivity index (χ2v) is 8.64. The molecular weight excluding hydrogens is 168 g/mol. The van der Waals surface area contributed by atoms with Crippen molar-refractivity contribution in [2.45, 2.75) is 45.3 Å². The molecule has 72 valence electrons. The van der Waals surface area contributed by atoms with Crippen molar-refractivity contribution in [1.82, 2.24) is 4.98 Å². The second-order valence-electron chi connectivity index (χ2n) is 3.51. The van der Waals surface area contributed by atoms with Gasteiger partial charge in [0.25, 0.3) is 0 Å². The topological polar surface area (TPSA) is 55.1 Å². The fourth-order valence-electron chi connectivity index (χ4n) is 1.63. The highest BCUT2D eigenvalue weighted by Gasteiger charge is 2.34. The van der Waals surface area contributed by atoms with Crippen LogP contribution in [0.1, 0.15) is 27.7 Å². The molecule has 0 radical (unpaired) electrons. The Bertz CT molecular complexity index is 155. The van der Waals surface area contributed by atoms with Gasteiger partial charge in [-0.2, -0.15) is 0 Å². The van der Waals surface area contributed by atoms with Crippen molar-refractivity contribution in [2.24, 2.45) is 5.73 Å². The third-order valence-electron chi connectivity index (χ3n) is 2.74. The number of urea groups is 1. The third kappa shape index (κ3) is 2.51. The van der Waals surface area contributed by atoms with Gasteiger partial charge in [0.2, 0.25) is 0 Å². The maximum absolute atomic E-state index is 10.8. The Morgan fingerprint density at radius 3 is 1.92 bits per heavy atom. The number of amides is 2. The molecule has 3 N–H and O–H groups in total. The molecule has 0 saturated carbocycles. The quantitative estimate of drug-likeness (QED) is 0.652. The lowest BCUT2D eigenvalue weighted by Gasteiger charge is -2.33. The van der Waals surface area contributed by atoms with E-state index in [1.807, 2.05) is 0 Å². The van der Waals surface area contributed by atoms with Crippen LogP contribution >= 0.6 is 0 Å². The summed E-state index contributed by atoms with van der Waals surface area (Å²) in [5.74, 6) is 0. The minimum atomic E-state index is -1.61. The Hall–Kier alpha value is -0.513. The van der Waals surface area contributed by atoms with Crippen LogP contribution in [0, 0.1) is 0 Å². The first-order valence-electron chi connectivity index (χ1n) is 4.56. The molecule has 0 aromatic heterocycles. The van der Waals surface area contributed by atoms with E-state index in [9.17, 15) is 4.79 Å². The van der Waals surface area contributed by atoms with Gasteiger partial charge < -0.3 is 10.7 Å². The number of hydrogen-bond acceptors (Lipinski definition) is 1. The Morgan fingerprint density at radius 2 is 1.83 bits per heavy atom. The highest BCUT2D eigenvalue weighted by atomic mass is 28.3. The van der Waals surface area contributed by atoms with Gasteiger partial charge in [-0.05, 0) is 17.6 Å². The molecule has 2 amide bonds. The SMILES string of the molecule is CC[Si](CC)(NC(N)=O)C(C)C. The highest BCUT2D eigenvalue weighted by molar-refractivity contribution is 6.80. The van der Waals surface area contributed by atoms with Crippen LogP contribution < -0.4 is 10.7 Å². The van der Waals surface area contributed by atoms with Gasteiger partial charge in [-0.25, -0.2) is 0 Å². The standard InChI is InChI=1S/C8H20N2OSi/c1-5-12(6-2,7(3)4)10-8(9)11/h7H,5-6H2,1-4H3,(H3,9,10,11). The van der Waals surface area contributed by atoms with Crippen molar-refractivity contribution in [1.29, 1.82) is 0 Å². The monoisotopic (exact) mass is 188 g/mol. The van der Waals surface area contributed by atoms with Crippen LogP contribution in [0.15, 0.2) is 0 Å². The summed E-state index contributed by atoms with van der Waals surface area (Å²) in [7, 11) is -1.61. The van der Waals surface area contributed by atoms with Gasteiger partial charge in [0.05, 0.1) is 0 Å². The summed E-state index contributed by atoms with van der Waals surface area (Å²) in [5, 5.41) is 0. The maximum Gasteiger partial charge on any atom is 0.304 e. The zero-order valence-electron chi connectivity index (χ0n) is 8.48. The lowest BCUT2D eigenvalue weighted by Crippen LogP contribution is -2.56. The molecule has 0 spiro atoms. The zero-order valence-corrected chi connectivity index (χ0v) is 9.48. The Morgan fingerprint density at radius 1 is 1.42 bits per heavy atom. The number of nitrogens with one attached hydrogen (secondary N) is 1. The van der Waals surface area contributed by atoms with Crippen molar-refractivity contribution in [3.8, 4) is 0 Å². The third-order valence-corrected chi connectivity index (χ3v) is 8.22. The minimum absolute atomic E-state index is 0.362. The van der Waals surface area contributed by atoms with Crippen LogP contribution in [0.2, 0.25) is 17.6 Å². The summed E-state index contributed by atoms with van der Waals surface area (Å²) < 4.78 is 0. The molecular formula is C8H20N2OSi. The van der Waals surface area contributed by atoms with Gasteiger partial charge in [0.15, 0.2) is 8.24 Å². The average molecular weight is 188 g/mol. The van der Waals surface area contributed by atoms with E-state index in [4.69, 9.17) is 5.73 Å². The number of carbonyl (C=O) groups excluding carboxylic acids is 1. The number of carbonyl (C=O) groups is 1. The summed E-state index contributed by atoms with van der Waals surface area (Å²) in [6.45, 7) is 8.58. The fraction of sp³-hybridized carbons (Fsp3) is 0.875. The average Bonchev–Trinajstić information content (AvgIpc) is 1.99. The van der Waals surface area contributed by atoms with E-state index < -0.39 is 8.24 Å². The summed E-state index contributed by atoms with van der Waals surface area (Å²) >= 11 is 0. The van der Waals surface area contributed by atoms with Gasteiger partial charge in [0, 0.05) is 0 Å². The van der Waals surface area contributed by atoms with Gasteiger partial charge in [0.1, 0.15) is 0 Å². The first-order chi connectivity index (χ1) is 5.48. The summed E-state index contributed by atoms with van der Waals surface area (Å²) in [6.07, 6.45) is 0. The molecule has 0 atom stereocenters. The van der Waals surface area contributed by atoms with Crippen molar-refractivity contribution in [3.63, 3.8) is 0 Å². The molecule has 0 saturated heterocycles. The van der Waals surface area contributed by atoms with Gasteiger partial charge in [-0.15, -0.1) is 0 Å². The number of rotatable bonds is 4. The van der Waals surface area contributed by atoms with Crippen molar-refractivity contribution in [3.05, 3.63) is 0 Å². The molecule has 0 aromatic rings. The number of nitrogens with two attached hydrogens (primary N) is 1. The maximum atomic E-state index is 10.8. The second kappa shape index (κ2) is 4.50. The minimum Gasteiger partial charge on any atom is -0.364 e. The first-order valence-corrected chi connectivity index (χ1v) is 7.05. The number of hydrogen-bond donors (Lipinski definition) is 2. The predicted molar refractivity (Wildman–Crippen MR) is 54.5 cm³/mol. The van der Waals surface area contributed by atoms with E-state index in [0.717, 1.165) is 12.1 Å². The van der Waals surface area contributed by atoms with Crippen molar-refractivity contribution in [2.75, 3.05) is 0 Å². The van der Waals surface area contributed by atoms with E-state index in [2.05, 4.69) is 32.7 Å². The lowest BCUT2D eigenvalue weighted by atomic mass is 10.6. The van der Waals surface area contributed by atoms with E-state index in [-0.39, 0.29) is 6.03 Å². The molecule has 0 bridgehead atoms. The first kappa shape index (κ1) is 11.5. The van der Waals surface area contributed by atoms with Crippen molar-refractivity contribution >= 4 is 14.3 Å². The van der Waals surface area contributed by atoms with Crippen LogP contribution in [-0.2, 0) is 0 Å². The van der Waals surface area contributed by atoms with E-state index >= 15 is 0 Å². The molecule has 0 unspecified atom stereocenters. The van der Waals surface area contributed by atoms with Crippen LogP contribution in [0.3, 0.4) is 0 Å². The Kier molecular flexibility index (Phi) is 4.30. The smallest absolute Gasteiger partial charge is 0.304 e. The highest BCUT2D eigenvalue weighted by Crippen LogP contribution is 2.25. The summed E-state index contributed by atoms with van der Waals surface area (Å²) in [4.78, 5) is 13.8. The molecule has 0 aromatic carbocycles. The van der Waals surface area contributed by atoms with E-state index in [1.54, 1.807) is 0 Å². The molecule has 4 heteroatoms. The lowest BCUT2D eigenvalue weighted by molar-refractivity contribution is 0.253. The van der Waals surface area contributed by atoms with Gasteiger partial charge >= 0.3 is 6.03 Å². The molecule has 0 aliphatic heterocycles. The van der Waals surface area contributed by atoms with Crippen molar-refractivity contribution < 1.29 is 4.79 Å². The zero-order chi connectivity index (χ0) is 9.78. The van der Waals surface area contributed by atoms with Gasteiger partial charge in [-0.3, -0.25) is 4.79 Å². The van der Waals surface area contributed by atoms with E-state index in [0.29, 0.717) is 5.54 Å². The summed E-state index contributed by atoms with van der Waals surface area (Å²) in [5.41, 5.74) is 5.71. The molecule has 12 heavy (non-hydrogen) atoms. The summed E-state index contributed by atoms with van der Waals surface area (Å²) in [6, 6.07) is 1.76. The Balaban J connectivity index is 4.46. The normalized spacial score (nSPS) is 11.8. The van der Waals surface area contributed by atoms with Crippen LogP contribution in [0.25, 0.3) is 0 Å². The Labute approximate surface area is 75.8 Å². The van der Waals surface area contributed by atoms with Crippen LogP contribution in [-0.4, -0.2) is 14.3 Å². The molecule has 0 fully saturated rings. The molecule has 0 aliphatic rings. The molecule has 0 rings (SSSR count). The van der Waals surface area contributed by atoms with E-state index in [1.165, 1.54) is 0 Å². The number of primary amides is 1. The predicted octanol–water partition coefficient (Wildman–Crippen LogP) is 2.05. The fourth-order valence-corrected chi connectivity index (χ4v) is 4.90. The van der Waals surface area contributed by atoms with Crippen LogP contribution in [0.4, 0.5) is 4.79 Å². The van der Waals surface area contributed by atoms with Gasteiger partial charge in [-0.1, -0.05) is 27.7 Å². The molecule has 0 aliphatic carbocycles. The molecule has 3 nitrogen and oxygen atoms in total. The molecule has 0 heterocycles.